The number of anilines is 1. The number of rotatable bonds is 9. The topological polar surface area (TPSA) is 66.0 Å². The third-order valence-corrected chi connectivity index (χ3v) is 3.20. The standard InChI is InChI=1S/C15H22ClNO5/c1-5-21-6-7-22-10(2)15(18)17-12-9-13(19-3)11(16)8-14(12)20-4/h8-10H,5-7H2,1-4H3,(H,17,18)/t10-/m0/s1. The number of carbonyl (C=O) groups is 1. The number of halogens is 1. The van der Waals surface area contributed by atoms with Crippen molar-refractivity contribution in [3.63, 3.8) is 0 Å². The van der Waals surface area contributed by atoms with E-state index in [2.05, 4.69) is 5.32 Å². The first-order valence-electron chi connectivity index (χ1n) is 6.95. The zero-order chi connectivity index (χ0) is 16.5. The van der Waals surface area contributed by atoms with Crippen molar-refractivity contribution in [2.24, 2.45) is 0 Å². The van der Waals surface area contributed by atoms with Crippen molar-refractivity contribution in [3.05, 3.63) is 17.2 Å². The third kappa shape index (κ3) is 5.36. The molecule has 6 nitrogen and oxygen atoms in total. The molecule has 1 aromatic rings. The molecule has 0 radical (unpaired) electrons. The van der Waals surface area contributed by atoms with Gasteiger partial charge in [0.2, 0.25) is 0 Å². The van der Waals surface area contributed by atoms with Gasteiger partial charge < -0.3 is 24.3 Å². The summed E-state index contributed by atoms with van der Waals surface area (Å²) in [6.07, 6.45) is -0.619. The number of benzene rings is 1. The highest BCUT2D eigenvalue weighted by atomic mass is 35.5. The molecule has 0 aliphatic rings. The molecule has 0 unspecified atom stereocenters. The SMILES string of the molecule is CCOCCO[C@@H](C)C(=O)Nc1cc(OC)c(Cl)cc1OC. The molecule has 7 heteroatoms. The number of amides is 1. The van der Waals surface area contributed by atoms with Crippen LogP contribution in [0.3, 0.4) is 0 Å². The molecule has 1 aromatic carbocycles. The van der Waals surface area contributed by atoms with Gasteiger partial charge in [0.05, 0.1) is 38.1 Å². The minimum atomic E-state index is -0.619. The van der Waals surface area contributed by atoms with Gasteiger partial charge in [-0.25, -0.2) is 0 Å². The van der Waals surface area contributed by atoms with E-state index in [1.165, 1.54) is 14.2 Å². The number of hydrogen-bond donors (Lipinski definition) is 1. The lowest BCUT2D eigenvalue weighted by Crippen LogP contribution is -2.29. The van der Waals surface area contributed by atoms with Crippen LogP contribution in [0.2, 0.25) is 5.02 Å². The molecule has 1 amide bonds. The molecule has 0 heterocycles. The molecule has 1 N–H and O–H groups in total. The van der Waals surface area contributed by atoms with E-state index in [9.17, 15) is 4.79 Å². The van der Waals surface area contributed by atoms with Gasteiger partial charge in [-0.15, -0.1) is 0 Å². The molecule has 0 bridgehead atoms. The minimum absolute atomic E-state index is 0.292. The van der Waals surface area contributed by atoms with E-state index in [0.717, 1.165) is 0 Å². The largest absolute Gasteiger partial charge is 0.495 e. The lowest BCUT2D eigenvalue weighted by molar-refractivity contribution is -0.127. The Balaban J connectivity index is 2.70. The van der Waals surface area contributed by atoms with Crippen LogP contribution in [-0.4, -0.2) is 46.1 Å². The summed E-state index contributed by atoms with van der Waals surface area (Å²) in [4.78, 5) is 12.1. The average molecular weight is 332 g/mol. The van der Waals surface area contributed by atoms with Crippen molar-refractivity contribution in [1.82, 2.24) is 0 Å². The normalized spacial score (nSPS) is 11.9. The zero-order valence-corrected chi connectivity index (χ0v) is 14.0. The van der Waals surface area contributed by atoms with Gasteiger partial charge in [0, 0.05) is 18.7 Å². The summed E-state index contributed by atoms with van der Waals surface area (Å²) in [5.74, 6) is 0.600. The van der Waals surface area contributed by atoms with E-state index in [1.807, 2.05) is 6.92 Å². The van der Waals surface area contributed by atoms with Crippen LogP contribution in [0.1, 0.15) is 13.8 Å². The number of hydrogen-bond acceptors (Lipinski definition) is 5. The fourth-order valence-electron chi connectivity index (χ4n) is 1.70. The molecule has 22 heavy (non-hydrogen) atoms. The van der Waals surface area contributed by atoms with Crippen molar-refractivity contribution in [2.75, 3.05) is 39.4 Å². The number of carbonyl (C=O) groups excluding carboxylic acids is 1. The van der Waals surface area contributed by atoms with Gasteiger partial charge in [0.15, 0.2) is 0 Å². The molecule has 124 valence electrons. The van der Waals surface area contributed by atoms with Gasteiger partial charge >= 0.3 is 0 Å². The van der Waals surface area contributed by atoms with Crippen molar-refractivity contribution < 1.29 is 23.7 Å². The molecule has 0 aromatic heterocycles. The zero-order valence-electron chi connectivity index (χ0n) is 13.3. The molecule has 0 aliphatic heterocycles. The molecule has 0 spiro atoms. The third-order valence-electron chi connectivity index (χ3n) is 2.90. The van der Waals surface area contributed by atoms with Crippen LogP contribution in [0, 0.1) is 0 Å². The Bertz CT molecular complexity index is 495. The Labute approximate surface area is 135 Å². The predicted octanol–water partition coefficient (Wildman–Crippen LogP) is 2.74. The Kier molecular flexibility index (Phi) is 8.01. The van der Waals surface area contributed by atoms with Crippen LogP contribution >= 0.6 is 11.6 Å². The highest BCUT2D eigenvalue weighted by Gasteiger charge is 2.17. The summed E-state index contributed by atoms with van der Waals surface area (Å²) < 4.78 is 20.9. The highest BCUT2D eigenvalue weighted by molar-refractivity contribution is 6.32. The quantitative estimate of drug-likeness (QED) is 0.705. The molecule has 0 saturated carbocycles. The molecule has 1 rings (SSSR count). The van der Waals surface area contributed by atoms with E-state index >= 15 is 0 Å². The Morgan fingerprint density at radius 3 is 2.50 bits per heavy atom. The molecular formula is C15H22ClNO5. The van der Waals surface area contributed by atoms with E-state index in [4.69, 9.17) is 30.5 Å². The first-order chi connectivity index (χ1) is 10.5. The highest BCUT2D eigenvalue weighted by Crippen LogP contribution is 2.35. The lowest BCUT2D eigenvalue weighted by Gasteiger charge is -2.16. The molecule has 0 saturated heterocycles. The summed E-state index contributed by atoms with van der Waals surface area (Å²) in [6.45, 7) is 4.98. The maximum absolute atomic E-state index is 12.1. The molecule has 0 aliphatic carbocycles. The van der Waals surface area contributed by atoms with Gasteiger partial charge in [0.25, 0.3) is 5.91 Å². The van der Waals surface area contributed by atoms with Crippen LogP contribution in [0.5, 0.6) is 11.5 Å². The smallest absolute Gasteiger partial charge is 0.253 e. The van der Waals surface area contributed by atoms with Crippen LogP contribution < -0.4 is 14.8 Å². The van der Waals surface area contributed by atoms with Crippen molar-refractivity contribution >= 4 is 23.2 Å². The van der Waals surface area contributed by atoms with Gasteiger partial charge in [-0.2, -0.15) is 0 Å². The molecule has 1 atom stereocenters. The summed E-state index contributed by atoms with van der Waals surface area (Å²) in [6, 6.07) is 3.18. The van der Waals surface area contributed by atoms with Gasteiger partial charge in [0.1, 0.15) is 17.6 Å². The van der Waals surface area contributed by atoms with Crippen LogP contribution in [0.25, 0.3) is 0 Å². The Morgan fingerprint density at radius 2 is 1.91 bits per heavy atom. The van der Waals surface area contributed by atoms with E-state index in [0.29, 0.717) is 42.0 Å². The first-order valence-corrected chi connectivity index (χ1v) is 7.33. The summed E-state index contributed by atoms with van der Waals surface area (Å²) in [7, 11) is 2.99. The molecular weight excluding hydrogens is 310 g/mol. The van der Waals surface area contributed by atoms with Crippen LogP contribution in [-0.2, 0) is 14.3 Å². The maximum atomic E-state index is 12.1. The fraction of sp³-hybridized carbons (Fsp3) is 0.533. The Hall–Kier alpha value is -1.50. The monoisotopic (exact) mass is 331 g/mol. The second-order valence-corrected chi connectivity index (χ2v) is 4.79. The van der Waals surface area contributed by atoms with Crippen molar-refractivity contribution in [1.29, 1.82) is 0 Å². The summed E-state index contributed by atoms with van der Waals surface area (Å²) in [5.41, 5.74) is 0.467. The average Bonchev–Trinajstić information content (AvgIpc) is 2.52. The van der Waals surface area contributed by atoms with Gasteiger partial charge in [-0.05, 0) is 13.8 Å². The lowest BCUT2D eigenvalue weighted by atomic mass is 10.2. The van der Waals surface area contributed by atoms with E-state index in [-0.39, 0.29) is 5.91 Å². The number of nitrogens with one attached hydrogen (secondary N) is 1. The Morgan fingerprint density at radius 1 is 1.23 bits per heavy atom. The minimum Gasteiger partial charge on any atom is -0.495 e. The van der Waals surface area contributed by atoms with Crippen molar-refractivity contribution in [2.45, 2.75) is 20.0 Å². The predicted molar refractivity (Wildman–Crippen MR) is 85.1 cm³/mol. The number of ether oxygens (including phenoxy) is 4. The summed E-state index contributed by atoms with van der Waals surface area (Å²) >= 11 is 6.02. The number of methoxy groups -OCH3 is 2. The van der Waals surface area contributed by atoms with Gasteiger partial charge in [-0.3, -0.25) is 4.79 Å². The van der Waals surface area contributed by atoms with Crippen LogP contribution in [0.15, 0.2) is 12.1 Å². The van der Waals surface area contributed by atoms with E-state index < -0.39 is 6.10 Å². The van der Waals surface area contributed by atoms with Gasteiger partial charge in [-0.1, -0.05) is 11.6 Å². The second kappa shape index (κ2) is 9.50. The van der Waals surface area contributed by atoms with Crippen LogP contribution in [0.4, 0.5) is 5.69 Å². The van der Waals surface area contributed by atoms with Crippen molar-refractivity contribution in [3.8, 4) is 11.5 Å². The van der Waals surface area contributed by atoms with E-state index in [1.54, 1.807) is 19.1 Å². The molecule has 0 fully saturated rings. The second-order valence-electron chi connectivity index (χ2n) is 4.39. The first kappa shape index (κ1) is 18.5. The fourth-order valence-corrected chi connectivity index (χ4v) is 1.93. The summed E-state index contributed by atoms with van der Waals surface area (Å²) in [5, 5.41) is 3.14. The maximum Gasteiger partial charge on any atom is 0.253 e.